The highest BCUT2D eigenvalue weighted by atomic mass is 19.4. The SMILES string of the molecule is CNc1ncccc1CN1CCCC(c2cncc(-c3cccc(C(F)(F)F)c3)n2)C1. The maximum atomic E-state index is 13.1. The van der Waals surface area contributed by atoms with Crippen molar-refractivity contribution in [3.63, 3.8) is 0 Å². The number of piperidine rings is 1. The van der Waals surface area contributed by atoms with Crippen LogP contribution in [0, 0.1) is 0 Å². The van der Waals surface area contributed by atoms with E-state index in [-0.39, 0.29) is 5.92 Å². The molecule has 0 aliphatic carbocycles. The van der Waals surface area contributed by atoms with Crippen LogP contribution in [0.4, 0.5) is 19.0 Å². The standard InChI is InChI=1S/C23H24F3N5/c1-27-22-18(6-3-9-29-22)15-31-10-4-7-17(14-31)21-13-28-12-20(30-21)16-5-2-8-19(11-16)23(24,25)26/h2-3,5-6,8-9,11-13,17H,4,7,10,14-15H2,1H3,(H,27,29). The normalized spacial score (nSPS) is 17.5. The topological polar surface area (TPSA) is 53.9 Å². The number of anilines is 1. The summed E-state index contributed by atoms with van der Waals surface area (Å²) in [7, 11) is 1.86. The van der Waals surface area contributed by atoms with Crippen LogP contribution in [0.3, 0.4) is 0 Å². The number of hydrogen-bond donors (Lipinski definition) is 1. The van der Waals surface area contributed by atoms with Crippen LogP contribution < -0.4 is 5.32 Å². The number of pyridine rings is 1. The van der Waals surface area contributed by atoms with Gasteiger partial charge in [0.05, 0.1) is 23.1 Å². The average Bonchev–Trinajstić information content (AvgIpc) is 2.79. The molecule has 0 amide bonds. The predicted molar refractivity (Wildman–Crippen MR) is 114 cm³/mol. The molecule has 1 atom stereocenters. The Bertz CT molecular complexity index is 1040. The molecule has 31 heavy (non-hydrogen) atoms. The van der Waals surface area contributed by atoms with E-state index in [0.29, 0.717) is 11.3 Å². The van der Waals surface area contributed by atoms with E-state index in [4.69, 9.17) is 0 Å². The van der Waals surface area contributed by atoms with Crippen LogP contribution in [0.1, 0.15) is 35.6 Å². The summed E-state index contributed by atoms with van der Waals surface area (Å²) in [5, 5.41) is 3.13. The lowest BCUT2D eigenvalue weighted by molar-refractivity contribution is -0.137. The molecule has 0 radical (unpaired) electrons. The van der Waals surface area contributed by atoms with Crippen molar-refractivity contribution in [3.8, 4) is 11.3 Å². The van der Waals surface area contributed by atoms with E-state index in [1.807, 2.05) is 13.1 Å². The molecular weight excluding hydrogens is 403 g/mol. The van der Waals surface area contributed by atoms with Crippen LogP contribution in [0.15, 0.2) is 55.0 Å². The smallest absolute Gasteiger partial charge is 0.373 e. The number of hydrogen-bond acceptors (Lipinski definition) is 5. The van der Waals surface area contributed by atoms with Crippen molar-refractivity contribution in [1.82, 2.24) is 19.9 Å². The van der Waals surface area contributed by atoms with Gasteiger partial charge in [-0.3, -0.25) is 9.88 Å². The van der Waals surface area contributed by atoms with Crippen LogP contribution in [-0.2, 0) is 12.7 Å². The van der Waals surface area contributed by atoms with E-state index in [1.54, 1.807) is 18.5 Å². The van der Waals surface area contributed by atoms with Gasteiger partial charge < -0.3 is 5.32 Å². The molecule has 1 saturated heterocycles. The highest BCUT2D eigenvalue weighted by Gasteiger charge is 2.30. The Morgan fingerprint density at radius 1 is 1.16 bits per heavy atom. The molecule has 162 valence electrons. The number of benzene rings is 1. The molecule has 1 aliphatic heterocycles. The van der Waals surface area contributed by atoms with Gasteiger partial charge in [-0.1, -0.05) is 18.2 Å². The molecule has 1 aromatic carbocycles. The van der Waals surface area contributed by atoms with Gasteiger partial charge in [0.15, 0.2) is 0 Å². The van der Waals surface area contributed by atoms with Crippen LogP contribution >= 0.6 is 0 Å². The molecule has 3 heterocycles. The number of alkyl halides is 3. The molecule has 0 saturated carbocycles. The number of nitrogens with one attached hydrogen (secondary N) is 1. The average molecular weight is 427 g/mol. The first-order valence-electron chi connectivity index (χ1n) is 10.3. The van der Waals surface area contributed by atoms with Crippen LogP contribution in [0.5, 0.6) is 0 Å². The Balaban J connectivity index is 1.52. The quantitative estimate of drug-likeness (QED) is 0.623. The molecule has 5 nitrogen and oxygen atoms in total. The Kier molecular flexibility index (Phi) is 6.18. The minimum atomic E-state index is -4.39. The monoisotopic (exact) mass is 427 g/mol. The van der Waals surface area contributed by atoms with Gasteiger partial charge >= 0.3 is 6.18 Å². The summed E-state index contributed by atoms with van der Waals surface area (Å²) in [5.41, 5.74) is 2.16. The molecule has 3 aromatic rings. The minimum Gasteiger partial charge on any atom is -0.373 e. The summed E-state index contributed by atoms with van der Waals surface area (Å²) in [5.74, 6) is 1.05. The summed E-state index contributed by atoms with van der Waals surface area (Å²) < 4.78 is 39.2. The largest absolute Gasteiger partial charge is 0.416 e. The second-order valence-electron chi connectivity index (χ2n) is 7.74. The fraction of sp³-hybridized carbons (Fsp3) is 0.348. The zero-order valence-corrected chi connectivity index (χ0v) is 17.2. The van der Waals surface area contributed by atoms with E-state index in [9.17, 15) is 13.2 Å². The van der Waals surface area contributed by atoms with E-state index >= 15 is 0 Å². The maximum absolute atomic E-state index is 13.1. The van der Waals surface area contributed by atoms with Gasteiger partial charge in [0.25, 0.3) is 0 Å². The number of aromatic nitrogens is 3. The minimum absolute atomic E-state index is 0.182. The van der Waals surface area contributed by atoms with Crippen molar-refractivity contribution >= 4 is 5.82 Å². The van der Waals surface area contributed by atoms with Crippen LogP contribution in [0.2, 0.25) is 0 Å². The number of likely N-dealkylation sites (tertiary alicyclic amines) is 1. The lowest BCUT2D eigenvalue weighted by Crippen LogP contribution is -2.34. The lowest BCUT2D eigenvalue weighted by atomic mass is 9.94. The number of halogens is 3. The third kappa shape index (κ3) is 5.02. The molecule has 8 heteroatoms. The molecule has 1 aliphatic rings. The van der Waals surface area contributed by atoms with E-state index < -0.39 is 11.7 Å². The van der Waals surface area contributed by atoms with Crippen LogP contribution in [0.25, 0.3) is 11.3 Å². The van der Waals surface area contributed by atoms with Crippen LogP contribution in [-0.4, -0.2) is 40.0 Å². The van der Waals surface area contributed by atoms with E-state index in [2.05, 4.69) is 31.2 Å². The van der Waals surface area contributed by atoms with Gasteiger partial charge in [0.2, 0.25) is 0 Å². The summed E-state index contributed by atoms with van der Waals surface area (Å²) in [6, 6.07) is 9.23. The molecule has 0 bridgehead atoms. The lowest BCUT2D eigenvalue weighted by Gasteiger charge is -2.32. The second-order valence-corrected chi connectivity index (χ2v) is 7.74. The summed E-state index contributed by atoms with van der Waals surface area (Å²) in [6.07, 6.45) is 2.63. The first-order chi connectivity index (χ1) is 14.9. The fourth-order valence-corrected chi connectivity index (χ4v) is 4.04. The second kappa shape index (κ2) is 9.01. The summed E-state index contributed by atoms with van der Waals surface area (Å²) in [6.45, 7) is 2.58. The number of nitrogens with zero attached hydrogens (tertiary/aromatic N) is 4. The van der Waals surface area contributed by atoms with Gasteiger partial charge in [-0.25, -0.2) is 9.97 Å². The molecule has 1 fully saturated rings. The van der Waals surface area contributed by atoms with Gasteiger partial charge in [-0.2, -0.15) is 13.2 Å². The van der Waals surface area contributed by atoms with Crippen molar-refractivity contribution in [2.45, 2.75) is 31.5 Å². The Hall–Kier alpha value is -3.00. The van der Waals surface area contributed by atoms with E-state index in [1.165, 1.54) is 12.3 Å². The molecule has 4 rings (SSSR count). The van der Waals surface area contributed by atoms with Crippen molar-refractivity contribution in [1.29, 1.82) is 0 Å². The maximum Gasteiger partial charge on any atom is 0.416 e. The van der Waals surface area contributed by atoms with Gasteiger partial charge in [0.1, 0.15) is 5.82 Å². The highest BCUT2D eigenvalue weighted by molar-refractivity contribution is 5.59. The van der Waals surface area contributed by atoms with Gasteiger partial charge in [-0.15, -0.1) is 0 Å². The molecule has 1 unspecified atom stereocenters. The molecular formula is C23H24F3N5. The Morgan fingerprint density at radius 3 is 2.84 bits per heavy atom. The Morgan fingerprint density at radius 2 is 2.03 bits per heavy atom. The first kappa shape index (κ1) is 21.2. The molecule has 0 spiro atoms. The van der Waals surface area contributed by atoms with Crippen molar-refractivity contribution < 1.29 is 13.2 Å². The number of rotatable bonds is 5. The predicted octanol–water partition coefficient (Wildman–Crippen LogP) is 4.98. The molecule has 1 N–H and O–H groups in total. The third-order valence-corrected chi connectivity index (χ3v) is 5.58. The van der Waals surface area contributed by atoms with E-state index in [0.717, 1.165) is 61.7 Å². The highest BCUT2D eigenvalue weighted by Crippen LogP contribution is 2.32. The zero-order valence-electron chi connectivity index (χ0n) is 17.2. The third-order valence-electron chi connectivity index (χ3n) is 5.58. The zero-order chi connectivity index (χ0) is 21.8. The summed E-state index contributed by atoms with van der Waals surface area (Å²) >= 11 is 0. The van der Waals surface area contributed by atoms with Gasteiger partial charge in [-0.05, 0) is 37.6 Å². The van der Waals surface area contributed by atoms with Crippen molar-refractivity contribution in [2.75, 3.05) is 25.5 Å². The Labute approximate surface area is 179 Å². The van der Waals surface area contributed by atoms with Gasteiger partial charge in [0, 0.05) is 49.6 Å². The van der Waals surface area contributed by atoms with Crippen molar-refractivity contribution in [2.24, 2.45) is 0 Å². The summed E-state index contributed by atoms with van der Waals surface area (Å²) in [4.78, 5) is 15.7. The van der Waals surface area contributed by atoms with Crippen molar-refractivity contribution in [3.05, 3.63) is 71.8 Å². The first-order valence-corrected chi connectivity index (χ1v) is 10.3. The molecule has 2 aromatic heterocycles. The fourth-order valence-electron chi connectivity index (χ4n) is 4.04.